The van der Waals surface area contributed by atoms with Crippen molar-refractivity contribution >= 4 is 59.3 Å². The number of fused-ring (bicyclic) bond motifs is 7. The topological polar surface area (TPSA) is 4.93 Å². The molecule has 3 heteroatoms. The Morgan fingerprint density at radius 3 is 1.33 bits per heavy atom. The molecule has 5 aromatic carbocycles. The maximum absolute atomic E-state index is 14.8. The zero-order chi connectivity index (χ0) is 22.4. The average Bonchev–Trinajstić information content (AvgIpc) is 2.91. The van der Waals surface area contributed by atoms with Crippen LogP contribution < -0.4 is 0 Å². The Balaban J connectivity index is 2.04. The van der Waals surface area contributed by atoms with E-state index in [2.05, 4.69) is 105 Å². The van der Waals surface area contributed by atoms with Crippen molar-refractivity contribution in [2.45, 2.75) is 0 Å². The van der Waals surface area contributed by atoms with Crippen LogP contribution in [0, 0.1) is 5.82 Å². The summed E-state index contributed by atoms with van der Waals surface area (Å²) < 4.78 is 17.4. The minimum Gasteiger partial charge on any atom is -0.309 e. The molecule has 0 saturated heterocycles. The lowest BCUT2D eigenvalue weighted by Crippen LogP contribution is -1.98. The Morgan fingerprint density at radius 1 is 0.485 bits per heavy atom. The van der Waals surface area contributed by atoms with Gasteiger partial charge in [0.15, 0.2) is 0 Å². The van der Waals surface area contributed by atoms with Crippen LogP contribution >= 0.6 is 15.9 Å². The highest BCUT2D eigenvalue weighted by Gasteiger charge is 2.11. The van der Waals surface area contributed by atoms with Crippen LogP contribution in [0.4, 0.5) is 4.39 Å². The molecule has 0 aliphatic heterocycles. The van der Waals surface area contributed by atoms with Gasteiger partial charge in [0.2, 0.25) is 0 Å². The van der Waals surface area contributed by atoms with E-state index in [9.17, 15) is 4.39 Å². The highest BCUT2D eigenvalue weighted by atomic mass is 79.9. The summed E-state index contributed by atoms with van der Waals surface area (Å²) in [5.41, 5.74) is 2.78. The number of halogens is 2. The van der Waals surface area contributed by atoms with Crippen LogP contribution in [-0.4, -0.2) is 4.57 Å². The highest BCUT2D eigenvalue weighted by molar-refractivity contribution is 9.10. The lowest BCUT2D eigenvalue weighted by molar-refractivity contribution is 0.620. The zero-order valence-electron chi connectivity index (χ0n) is 17.7. The standard InChI is InChI=1S/C30H19BrFN/c31-27-18-17-20(19-28(27)32)33-29-15-7-5-13-25(29)23-11-3-1-9-21(23)22-10-2-4-12-24(22)26-14-6-8-16-30(26)33/h1-19H. The van der Waals surface area contributed by atoms with E-state index in [-0.39, 0.29) is 5.82 Å². The van der Waals surface area contributed by atoms with E-state index in [1.165, 1.54) is 10.8 Å². The maximum Gasteiger partial charge on any atom is 0.139 e. The summed E-state index contributed by atoms with van der Waals surface area (Å²) in [6.07, 6.45) is 0. The fraction of sp³-hybridized carbons (Fsp3) is 0. The molecule has 6 rings (SSSR count). The molecule has 1 nitrogen and oxygen atoms in total. The molecular weight excluding hydrogens is 473 g/mol. The maximum atomic E-state index is 14.8. The van der Waals surface area contributed by atoms with Crippen LogP contribution in [0.2, 0.25) is 0 Å². The molecule has 0 saturated carbocycles. The molecule has 0 fully saturated rings. The van der Waals surface area contributed by atoms with E-state index in [0.717, 1.165) is 38.3 Å². The van der Waals surface area contributed by atoms with Crippen LogP contribution in [0.1, 0.15) is 0 Å². The first kappa shape index (κ1) is 20.0. The van der Waals surface area contributed by atoms with E-state index in [1.54, 1.807) is 12.1 Å². The molecule has 0 radical (unpaired) electrons. The Kier molecular flexibility index (Phi) is 4.85. The number of nitrogens with zero attached hydrogens (tertiary/aromatic N) is 1. The van der Waals surface area contributed by atoms with Gasteiger partial charge in [0.1, 0.15) is 5.82 Å². The minimum atomic E-state index is -0.289. The van der Waals surface area contributed by atoms with Gasteiger partial charge in [-0.3, -0.25) is 0 Å². The Hall–Kier alpha value is -3.69. The largest absolute Gasteiger partial charge is 0.309 e. The van der Waals surface area contributed by atoms with Gasteiger partial charge in [-0.1, -0.05) is 84.9 Å². The summed E-state index contributed by atoms with van der Waals surface area (Å²) >= 11 is 3.31. The lowest BCUT2D eigenvalue weighted by Gasteiger charge is -2.14. The van der Waals surface area contributed by atoms with Gasteiger partial charge in [-0.05, 0) is 67.8 Å². The molecule has 0 unspecified atom stereocenters. The van der Waals surface area contributed by atoms with Gasteiger partial charge in [0.05, 0.1) is 15.5 Å². The second-order valence-electron chi connectivity index (χ2n) is 8.06. The van der Waals surface area contributed by atoms with E-state index < -0.39 is 0 Å². The van der Waals surface area contributed by atoms with Gasteiger partial charge in [-0.15, -0.1) is 0 Å². The van der Waals surface area contributed by atoms with Crippen LogP contribution in [0.15, 0.2) is 120 Å². The van der Waals surface area contributed by atoms with E-state index >= 15 is 0 Å². The third-order valence-electron chi connectivity index (χ3n) is 6.18. The predicted octanol–water partition coefficient (Wildman–Crippen LogP) is 9.12. The first-order chi connectivity index (χ1) is 16.2. The van der Waals surface area contributed by atoms with Crippen molar-refractivity contribution < 1.29 is 4.39 Å². The summed E-state index contributed by atoms with van der Waals surface area (Å²) in [6, 6.07) is 39.1. The summed E-state index contributed by atoms with van der Waals surface area (Å²) in [5.74, 6) is -0.289. The van der Waals surface area contributed by atoms with E-state index in [1.807, 2.05) is 18.2 Å². The molecule has 0 amide bonds. The monoisotopic (exact) mass is 491 g/mol. The second kappa shape index (κ2) is 8.02. The van der Waals surface area contributed by atoms with Gasteiger partial charge in [-0.25, -0.2) is 4.39 Å². The molecule has 33 heavy (non-hydrogen) atoms. The molecule has 0 N–H and O–H groups in total. The number of benzene rings is 5. The third-order valence-corrected chi connectivity index (χ3v) is 6.82. The smallest absolute Gasteiger partial charge is 0.139 e. The number of hydrogen-bond acceptors (Lipinski definition) is 0. The SMILES string of the molecule is Fc1cc(-n2c3ccccc3c3ccccc3c3ccccc3c3ccccc32)ccc1Br. The van der Waals surface area contributed by atoms with Gasteiger partial charge in [0.25, 0.3) is 0 Å². The molecule has 0 atom stereocenters. The van der Waals surface area contributed by atoms with Crippen molar-refractivity contribution in [1.29, 1.82) is 0 Å². The van der Waals surface area contributed by atoms with Crippen molar-refractivity contribution in [2.75, 3.05) is 0 Å². The quantitative estimate of drug-likeness (QED) is 0.216. The van der Waals surface area contributed by atoms with Crippen LogP contribution in [0.5, 0.6) is 0 Å². The number of rotatable bonds is 1. The molecule has 0 bridgehead atoms. The summed E-state index contributed by atoms with van der Waals surface area (Å²) in [7, 11) is 0. The third kappa shape index (κ3) is 3.28. The molecule has 0 spiro atoms. The van der Waals surface area contributed by atoms with Crippen molar-refractivity contribution in [3.05, 3.63) is 126 Å². The van der Waals surface area contributed by atoms with Crippen LogP contribution in [0.3, 0.4) is 0 Å². The van der Waals surface area contributed by atoms with Crippen molar-refractivity contribution in [1.82, 2.24) is 4.57 Å². The molecular formula is C30H19BrFN. The number of hydrogen-bond donors (Lipinski definition) is 0. The van der Waals surface area contributed by atoms with E-state index in [4.69, 9.17) is 0 Å². The normalized spacial score (nSPS) is 11.3. The lowest BCUT2D eigenvalue weighted by atomic mass is 10.0. The number of aromatic nitrogens is 1. The van der Waals surface area contributed by atoms with Gasteiger partial charge in [-0.2, -0.15) is 0 Å². The van der Waals surface area contributed by atoms with Gasteiger partial charge in [0, 0.05) is 16.5 Å². The average molecular weight is 492 g/mol. The van der Waals surface area contributed by atoms with Crippen molar-refractivity contribution in [2.24, 2.45) is 0 Å². The zero-order valence-corrected chi connectivity index (χ0v) is 19.3. The molecule has 0 aliphatic carbocycles. The summed E-state index contributed by atoms with van der Waals surface area (Å²) in [6.45, 7) is 0. The Morgan fingerprint density at radius 2 is 0.879 bits per heavy atom. The van der Waals surface area contributed by atoms with Crippen LogP contribution in [-0.2, 0) is 0 Å². The summed E-state index contributed by atoms with van der Waals surface area (Å²) in [5, 5.41) is 6.86. The summed E-state index contributed by atoms with van der Waals surface area (Å²) in [4.78, 5) is 0. The fourth-order valence-corrected chi connectivity index (χ4v) is 4.98. The molecule has 1 aromatic heterocycles. The number of para-hydroxylation sites is 2. The molecule has 158 valence electrons. The minimum absolute atomic E-state index is 0.289. The predicted molar refractivity (Wildman–Crippen MR) is 141 cm³/mol. The molecule has 6 aromatic rings. The van der Waals surface area contributed by atoms with Crippen LogP contribution in [0.25, 0.3) is 49.0 Å². The first-order valence-corrected chi connectivity index (χ1v) is 11.6. The fourth-order valence-electron chi connectivity index (χ4n) is 4.73. The van der Waals surface area contributed by atoms with E-state index in [0.29, 0.717) is 4.47 Å². The van der Waals surface area contributed by atoms with Crippen molar-refractivity contribution in [3.8, 4) is 5.69 Å². The molecule has 1 heterocycles. The second-order valence-corrected chi connectivity index (χ2v) is 8.91. The van der Waals surface area contributed by atoms with Crippen molar-refractivity contribution in [3.63, 3.8) is 0 Å². The Labute approximate surface area is 199 Å². The van der Waals surface area contributed by atoms with Gasteiger partial charge < -0.3 is 4.57 Å². The Bertz CT molecular complexity index is 1640. The van der Waals surface area contributed by atoms with Gasteiger partial charge >= 0.3 is 0 Å². The first-order valence-electron chi connectivity index (χ1n) is 10.8. The highest BCUT2D eigenvalue weighted by Crippen LogP contribution is 2.34. The molecule has 0 aliphatic rings.